The predicted octanol–water partition coefficient (Wildman–Crippen LogP) is 4.65. The fourth-order valence-corrected chi connectivity index (χ4v) is 3.26. The highest BCUT2D eigenvalue weighted by atomic mass is 16.5. The largest absolute Gasteiger partial charge is 0.496 e. The lowest BCUT2D eigenvalue weighted by Crippen LogP contribution is -2.26. The van der Waals surface area contributed by atoms with Gasteiger partial charge in [0.1, 0.15) is 11.6 Å². The zero-order chi connectivity index (χ0) is 21.4. The smallest absolute Gasteiger partial charge is 0.129 e. The molecule has 0 saturated heterocycles. The van der Waals surface area contributed by atoms with E-state index in [1.165, 1.54) is 12.6 Å². The maximum Gasteiger partial charge on any atom is 0.129 e. The topological polar surface area (TPSA) is 97.4 Å². The number of ether oxygens (including phenoxy) is 1. The van der Waals surface area contributed by atoms with Crippen molar-refractivity contribution in [3.63, 3.8) is 0 Å². The quantitative estimate of drug-likeness (QED) is 0.799. The standard InChI is InChI=1S/C21H20N4O.C3H8/c1-13-7-3-4-8-14(13)20-16(11-22)19(17(12-23)21(24)25-20)15-9-5-6-10-18(15)26-2;1-3-2/h3-10,12,19H,23H2,1-2H3,(H2,24,25);3H2,1-2H3/b17-12-;. The van der Waals surface area contributed by atoms with Crippen LogP contribution in [0, 0.1) is 18.3 Å². The van der Waals surface area contributed by atoms with Crippen LogP contribution in [0.1, 0.15) is 42.9 Å². The van der Waals surface area contributed by atoms with Crippen LogP contribution < -0.4 is 16.2 Å². The van der Waals surface area contributed by atoms with Crippen molar-refractivity contribution in [2.24, 2.45) is 16.5 Å². The zero-order valence-corrected chi connectivity index (χ0v) is 17.4. The predicted molar refractivity (Wildman–Crippen MR) is 119 cm³/mol. The molecule has 0 radical (unpaired) electrons. The van der Waals surface area contributed by atoms with E-state index in [4.69, 9.17) is 16.2 Å². The summed E-state index contributed by atoms with van der Waals surface area (Å²) in [7, 11) is 1.60. The second kappa shape index (κ2) is 10.1. The lowest BCUT2D eigenvalue weighted by molar-refractivity contribution is 0.409. The van der Waals surface area contributed by atoms with E-state index in [1.807, 2.05) is 55.5 Å². The molecule has 0 bridgehead atoms. The highest BCUT2D eigenvalue weighted by Gasteiger charge is 2.33. The molecule has 29 heavy (non-hydrogen) atoms. The van der Waals surface area contributed by atoms with Crippen LogP contribution in [0.5, 0.6) is 5.75 Å². The highest BCUT2D eigenvalue weighted by Crippen LogP contribution is 2.43. The number of aryl methyl sites for hydroxylation is 1. The summed E-state index contributed by atoms with van der Waals surface area (Å²) in [4.78, 5) is 4.51. The van der Waals surface area contributed by atoms with Crippen molar-refractivity contribution < 1.29 is 4.74 Å². The molecule has 2 aromatic carbocycles. The first kappa shape index (κ1) is 21.8. The molecule has 2 aromatic rings. The highest BCUT2D eigenvalue weighted by molar-refractivity contribution is 6.05. The van der Waals surface area contributed by atoms with E-state index in [9.17, 15) is 5.26 Å². The van der Waals surface area contributed by atoms with Crippen molar-refractivity contribution in [3.05, 3.63) is 82.6 Å². The molecule has 3 rings (SSSR count). The van der Waals surface area contributed by atoms with E-state index in [1.54, 1.807) is 7.11 Å². The van der Waals surface area contributed by atoms with E-state index < -0.39 is 5.92 Å². The average molecular weight is 389 g/mol. The Balaban J connectivity index is 0.000000941. The van der Waals surface area contributed by atoms with Gasteiger partial charge < -0.3 is 16.2 Å². The van der Waals surface area contributed by atoms with Crippen LogP contribution in [-0.2, 0) is 0 Å². The number of amidine groups is 1. The number of allylic oxidation sites excluding steroid dienone is 1. The first-order valence-corrected chi connectivity index (χ1v) is 9.63. The molecule has 0 saturated carbocycles. The van der Waals surface area contributed by atoms with Crippen LogP contribution in [0.15, 0.2) is 70.9 Å². The molecule has 1 unspecified atom stereocenters. The lowest BCUT2D eigenvalue weighted by atomic mass is 9.80. The average Bonchev–Trinajstić information content (AvgIpc) is 2.74. The minimum Gasteiger partial charge on any atom is -0.496 e. The zero-order valence-electron chi connectivity index (χ0n) is 17.4. The van der Waals surface area contributed by atoms with E-state index >= 15 is 0 Å². The third-order valence-electron chi connectivity index (χ3n) is 4.53. The Kier molecular flexibility index (Phi) is 7.62. The molecular formula is C24H28N4O. The minimum atomic E-state index is -0.437. The first-order chi connectivity index (χ1) is 14.0. The summed E-state index contributed by atoms with van der Waals surface area (Å²) < 4.78 is 5.50. The van der Waals surface area contributed by atoms with Gasteiger partial charge in [0.2, 0.25) is 0 Å². The third-order valence-corrected chi connectivity index (χ3v) is 4.53. The van der Waals surface area contributed by atoms with E-state index in [0.717, 1.165) is 16.7 Å². The van der Waals surface area contributed by atoms with Crippen molar-refractivity contribution in [1.29, 1.82) is 5.26 Å². The monoisotopic (exact) mass is 388 g/mol. The van der Waals surface area contributed by atoms with Crippen molar-refractivity contribution in [2.75, 3.05) is 7.11 Å². The molecule has 0 aliphatic carbocycles. The second-order valence-electron chi connectivity index (χ2n) is 6.69. The van der Waals surface area contributed by atoms with Gasteiger partial charge in [-0.3, -0.25) is 0 Å². The van der Waals surface area contributed by atoms with Crippen LogP contribution in [-0.4, -0.2) is 12.9 Å². The maximum absolute atomic E-state index is 9.98. The number of hydrogen-bond donors (Lipinski definition) is 2. The molecule has 0 spiro atoms. The fourth-order valence-electron chi connectivity index (χ4n) is 3.26. The molecule has 5 nitrogen and oxygen atoms in total. The van der Waals surface area contributed by atoms with E-state index in [-0.39, 0.29) is 0 Å². The van der Waals surface area contributed by atoms with Gasteiger partial charge >= 0.3 is 0 Å². The van der Waals surface area contributed by atoms with Crippen molar-refractivity contribution in [1.82, 2.24) is 0 Å². The van der Waals surface area contributed by atoms with Crippen molar-refractivity contribution in [3.8, 4) is 11.8 Å². The number of methoxy groups -OCH3 is 1. The van der Waals surface area contributed by atoms with E-state index in [0.29, 0.717) is 28.4 Å². The van der Waals surface area contributed by atoms with Crippen molar-refractivity contribution in [2.45, 2.75) is 33.1 Å². The number of benzene rings is 2. The normalized spacial score (nSPS) is 17.1. The van der Waals surface area contributed by atoms with Gasteiger partial charge in [-0.25, -0.2) is 4.99 Å². The molecule has 1 aliphatic rings. The fraction of sp³-hybridized carbons (Fsp3) is 0.250. The molecule has 0 aromatic heterocycles. The Hall–Kier alpha value is -3.52. The van der Waals surface area contributed by atoms with Gasteiger partial charge in [0.15, 0.2) is 0 Å². The summed E-state index contributed by atoms with van der Waals surface area (Å²) in [5.41, 5.74) is 16.5. The molecule has 150 valence electrons. The number of nitriles is 1. The van der Waals surface area contributed by atoms with Gasteiger partial charge in [0.05, 0.1) is 30.4 Å². The summed E-state index contributed by atoms with van der Waals surface area (Å²) in [5, 5.41) is 9.98. The Morgan fingerprint density at radius 1 is 1.14 bits per heavy atom. The summed E-state index contributed by atoms with van der Waals surface area (Å²) in [6.07, 6.45) is 2.67. The summed E-state index contributed by atoms with van der Waals surface area (Å²) in [6, 6.07) is 17.7. The molecule has 5 heteroatoms. The van der Waals surface area contributed by atoms with Gasteiger partial charge in [0.25, 0.3) is 0 Å². The van der Waals surface area contributed by atoms with Gasteiger partial charge in [-0.2, -0.15) is 5.26 Å². The molecular weight excluding hydrogens is 360 g/mol. The molecule has 4 N–H and O–H groups in total. The molecule has 0 fully saturated rings. The minimum absolute atomic E-state index is 0.306. The van der Waals surface area contributed by atoms with Crippen molar-refractivity contribution >= 4 is 11.5 Å². The molecule has 1 heterocycles. The van der Waals surface area contributed by atoms with E-state index in [2.05, 4.69) is 24.9 Å². The van der Waals surface area contributed by atoms with Crippen LogP contribution in [0.3, 0.4) is 0 Å². The maximum atomic E-state index is 9.98. The second-order valence-corrected chi connectivity index (χ2v) is 6.69. The SMILES string of the molecule is CCC.COc1ccccc1C1C(C#N)=C(c2ccccc2C)N=C(N)/C1=C\N. The molecule has 1 aliphatic heterocycles. The number of nitrogens with zero attached hydrogens (tertiary/aromatic N) is 2. The number of rotatable bonds is 3. The van der Waals surface area contributed by atoms with Crippen LogP contribution >= 0.6 is 0 Å². The first-order valence-electron chi connectivity index (χ1n) is 9.63. The van der Waals surface area contributed by atoms with Gasteiger partial charge in [0, 0.05) is 22.9 Å². The van der Waals surface area contributed by atoms with Crippen LogP contribution in [0.2, 0.25) is 0 Å². The number of hydrogen-bond acceptors (Lipinski definition) is 5. The summed E-state index contributed by atoms with van der Waals surface area (Å²) in [5.74, 6) is 0.539. The lowest BCUT2D eigenvalue weighted by Gasteiger charge is -2.27. The Morgan fingerprint density at radius 3 is 2.34 bits per heavy atom. The van der Waals surface area contributed by atoms with Crippen LogP contribution in [0.25, 0.3) is 5.70 Å². The molecule has 1 atom stereocenters. The number of para-hydroxylation sites is 1. The third kappa shape index (κ3) is 4.49. The molecule has 0 amide bonds. The Bertz CT molecular complexity index is 996. The summed E-state index contributed by atoms with van der Waals surface area (Å²) in [6.45, 7) is 6.23. The van der Waals surface area contributed by atoms with Crippen LogP contribution in [0.4, 0.5) is 0 Å². The number of aliphatic imine (C=N–C) groups is 1. The summed E-state index contributed by atoms with van der Waals surface area (Å²) >= 11 is 0. The van der Waals surface area contributed by atoms with Gasteiger partial charge in [-0.1, -0.05) is 62.7 Å². The van der Waals surface area contributed by atoms with Gasteiger partial charge in [-0.15, -0.1) is 0 Å². The Morgan fingerprint density at radius 2 is 1.76 bits per heavy atom. The Labute approximate surface area is 173 Å². The number of nitrogens with two attached hydrogens (primary N) is 2. The van der Waals surface area contributed by atoms with Gasteiger partial charge in [-0.05, 0) is 18.6 Å².